The first-order valence-electron chi connectivity index (χ1n) is 14.4. The minimum absolute atomic E-state index is 0.0609. The van der Waals surface area contributed by atoms with Crippen LogP contribution in [0.4, 0.5) is 34.5 Å². The maximum Gasteiger partial charge on any atom is 0.343 e. The van der Waals surface area contributed by atoms with Crippen LogP contribution < -0.4 is 19.9 Å². The first-order valence-corrected chi connectivity index (χ1v) is 15.2. The molecule has 0 bridgehead atoms. The number of piperazine rings is 1. The third-order valence-corrected chi connectivity index (χ3v) is 8.39. The number of benzene rings is 1. The molecule has 1 unspecified atom stereocenters. The molecule has 44 heavy (non-hydrogen) atoms. The van der Waals surface area contributed by atoms with Gasteiger partial charge in [-0.2, -0.15) is 4.98 Å². The van der Waals surface area contributed by atoms with Gasteiger partial charge in [-0.25, -0.2) is 14.8 Å². The van der Waals surface area contributed by atoms with E-state index >= 15 is 0 Å². The normalized spacial score (nSPS) is 17.9. The fraction of sp³-hybridized carbons (Fsp3) is 0.467. The number of rotatable bonds is 8. The second-order valence-electron chi connectivity index (χ2n) is 12.1. The lowest BCUT2D eigenvalue weighted by atomic mass is 9.91. The Morgan fingerprint density at radius 1 is 1.20 bits per heavy atom. The Kier molecular flexibility index (Phi) is 8.67. The van der Waals surface area contributed by atoms with Crippen molar-refractivity contribution in [1.29, 1.82) is 0 Å². The van der Waals surface area contributed by atoms with E-state index in [9.17, 15) is 14.9 Å². The highest BCUT2D eigenvalue weighted by Crippen LogP contribution is 2.45. The summed E-state index contributed by atoms with van der Waals surface area (Å²) in [6, 6.07) is 7.12. The first kappa shape index (κ1) is 31.4. The third-order valence-electron chi connectivity index (χ3n) is 7.95. The number of halogens is 1. The molecular weight excluding hydrogens is 632 g/mol. The molecule has 3 aromatic rings. The van der Waals surface area contributed by atoms with Gasteiger partial charge in [0.05, 0.1) is 35.2 Å². The van der Waals surface area contributed by atoms with Crippen LogP contribution in [0.25, 0.3) is 0 Å². The van der Waals surface area contributed by atoms with Crippen LogP contribution in [0, 0.1) is 10.1 Å². The number of carbonyl (C=O) groups excluding carboxylic acids is 1. The number of carbonyl (C=O) groups is 1. The van der Waals surface area contributed by atoms with Gasteiger partial charge in [-0.05, 0) is 55.9 Å². The highest BCUT2D eigenvalue weighted by molar-refractivity contribution is 9.10. The minimum atomic E-state index is -0.558. The van der Waals surface area contributed by atoms with E-state index in [-0.39, 0.29) is 34.8 Å². The number of nitrogens with zero attached hydrogens (tertiary/aromatic N) is 7. The molecule has 0 saturated carbocycles. The SMILES string of the molecule is COc1cc(N2CCN(C)C(C)C2)c([N+](=O)[O-])cc1Nc1ncc(C(=O)OC(C)C)c(N2CC(C)(C)c3nc(Br)ccc32)n1. The molecule has 2 aliphatic rings. The highest BCUT2D eigenvalue weighted by atomic mass is 79.9. The van der Waals surface area contributed by atoms with Gasteiger partial charge in [0.25, 0.3) is 5.69 Å². The van der Waals surface area contributed by atoms with E-state index in [1.807, 2.05) is 29.0 Å². The van der Waals surface area contributed by atoms with Gasteiger partial charge in [0, 0.05) is 56.0 Å². The zero-order chi connectivity index (χ0) is 31.9. The average Bonchev–Trinajstić information content (AvgIpc) is 3.23. The van der Waals surface area contributed by atoms with Crippen LogP contribution in [0.1, 0.15) is 50.7 Å². The first-order chi connectivity index (χ1) is 20.8. The molecule has 1 atom stereocenters. The fourth-order valence-electron chi connectivity index (χ4n) is 5.56. The van der Waals surface area contributed by atoms with Crippen molar-refractivity contribution in [1.82, 2.24) is 19.9 Å². The molecule has 0 radical (unpaired) electrons. The van der Waals surface area contributed by atoms with Crippen molar-refractivity contribution < 1.29 is 19.2 Å². The van der Waals surface area contributed by atoms with E-state index < -0.39 is 10.9 Å². The summed E-state index contributed by atoms with van der Waals surface area (Å²) in [5, 5.41) is 15.4. The molecule has 14 heteroatoms. The quantitative estimate of drug-likeness (QED) is 0.142. The van der Waals surface area contributed by atoms with Gasteiger partial charge in [0.2, 0.25) is 5.95 Å². The number of esters is 1. The van der Waals surface area contributed by atoms with Crippen LogP contribution >= 0.6 is 15.9 Å². The van der Waals surface area contributed by atoms with E-state index in [2.05, 4.69) is 51.9 Å². The summed E-state index contributed by atoms with van der Waals surface area (Å²) >= 11 is 3.47. The number of pyridine rings is 1. The van der Waals surface area contributed by atoms with Crippen LogP contribution in [-0.4, -0.2) is 83.2 Å². The predicted octanol–water partition coefficient (Wildman–Crippen LogP) is 5.43. The molecule has 0 aliphatic carbocycles. The molecule has 13 nitrogen and oxygen atoms in total. The number of fused-ring (bicyclic) bond motifs is 1. The number of methoxy groups -OCH3 is 1. The smallest absolute Gasteiger partial charge is 0.343 e. The van der Waals surface area contributed by atoms with Gasteiger partial charge in [-0.3, -0.25) is 10.1 Å². The van der Waals surface area contributed by atoms with Crippen LogP contribution in [0.15, 0.2) is 35.1 Å². The predicted molar refractivity (Wildman–Crippen MR) is 172 cm³/mol. The van der Waals surface area contributed by atoms with E-state index in [0.29, 0.717) is 47.2 Å². The number of nitro groups is 1. The standard InChI is InChI=1S/C30H37BrN8O5/c1-17(2)44-28(40)19-14-32-29(35-27(19)38-16-30(4,5)26-21(38)8-9-25(31)34-26)33-20-12-23(39(41)42)22(13-24(20)43-7)37-11-10-36(6)18(3)15-37/h8-9,12-14,17-18H,10-11,15-16H2,1-7H3,(H,32,33,35). The van der Waals surface area contributed by atoms with Crippen LogP contribution in [-0.2, 0) is 10.2 Å². The number of hydrogen-bond acceptors (Lipinski definition) is 12. The monoisotopic (exact) mass is 668 g/mol. The fourth-order valence-corrected chi connectivity index (χ4v) is 5.87. The van der Waals surface area contributed by atoms with E-state index in [1.165, 1.54) is 19.4 Å². The van der Waals surface area contributed by atoms with Crippen molar-refractivity contribution in [2.24, 2.45) is 0 Å². The summed E-state index contributed by atoms with van der Waals surface area (Å²) in [6.45, 7) is 12.4. The summed E-state index contributed by atoms with van der Waals surface area (Å²) < 4.78 is 11.9. The number of anilines is 5. The molecule has 1 saturated heterocycles. The van der Waals surface area contributed by atoms with Crippen molar-refractivity contribution in [2.45, 2.75) is 52.2 Å². The molecule has 2 aromatic heterocycles. The number of ether oxygens (including phenoxy) is 2. The molecular formula is C30H37BrN8O5. The van der Waals surface area contributed by atoms with E-state index in [1.54, 1.807) is 19.9 Å². The van der Waals surface area contributed by atoms with Crippen LogP contribution in [0.2, 0.25) is 0 Å². The largest absolute Gasteiger partial charge is 0.494 e. The van der Waals surface area contributed by atoms with Crippen molar-refractivity contribution in [2.75, 3.05) is 55.5 Å². The summed E-state index contributed by atoms with van der Waals surface area (Å²) in [7, 11) is 3.55. The van der Waals surface area contributed by atoms with Gasteiger partial charge in [-0.1, -0.05) is 13.8 Å². The zero-order valence-corrected chi connectivity index (χ0v) is 27.5. The topological polar surface area (TPSA) is 139 Å². The maximum atomic E-state index is 13.2. The van der Waals surface area contributed by atoms with Gasteiger partial charge < -0.3 is 29.5 Å². The highest BCUT2D eigenvalue weighted by Gasteiger charge is 2.40. The molecule has 0 amide bonds. The number of nitro benzene ring substituents is 1. The lowest BCUT2D eigenvalue weighted by Crippen LogP contribution is -2.50. The van der Waals surface area contributed by atoms with Crippen molar-refractivity contribution in [3.8, 4) is 5.75 Å². The maximum absolute atomic E-state index is 13.2. The third kappa shape index (κ3) is 6.13. The number of hydrogen-bond donors (Lipinski definition) is 1. The van der Waals surface area contributed by atoms with Crippen molar-refractivity contribution >= 4 is 56.4 Å². The lowest BCUT2D eigenvalue weighted by Gasteiger charge is -2.38. The lowest BCUT2D eigenvalue weighted by molar-refractivity contribution is -0.384. The molecule has 4 heterocycles. The Hall–Kier alpha value is -4.04. The number of nitrogens with one attached hydrogen (secondary N) is 1. The molecule has 2 aliphatic heterocycles. The van der Waals surface area contributed by atoms with Crippen LogP contribution in [0.5, 0.6) is 5.75 Å². The summed E-state index contributed by atoms with van der Waals surface area (Å²) in [6.07, 6.45) is 1.06. The molecule has 5 rings (SSSR count). The van der Waals surface area contributed by atoms with Crippen LogP contribution in [0.3, 0.4) is 0 Å². The van der Waals surface area contributed by atoms with Gasteiger partial charge in [-0.15, -0.1) is 0 Å². The minimum Gasteiger partial charge on any atom is -0.494 e. The van der Waals surface area contributed by atoms with E-state index in [4.69, 9.17) is 19.4 Å². The Bertz CT molecular complexity index is 1600. The molecule has 1 fully saturated rings. The Labute approximate surface area is 264 Å². The second kappa shape index (κ2) is 12.2. The van der Waals surface area contributed by atoms with Crippen molar-refractivity contribution in [3.05, 3.63) is 56.4 Å². The Morgan fingerprint density at radius 2 is 1.95 bits per heavy atom. The summed E-state index contributed by atoms with van der Waals surface area (Å²) in [5.74, 6) is 0.302. The number of aromatic nitrogens is 3. The molecule has 0 spiro atoms. The van der Waals surface area contributed by atoms with Crippen molar-refractivity contribution in [3.63, 3.8) is 0 Å². The molecule has 1 aromatic carbocycles. The van der Waals surface area contributed by atoms with Gasteiger partial charge >= 0.3 is 5.97 Å². The molecule has 1 N–H and O–H groups in total. The van der Waals surface area contributed by atoms with Gasteiger partial charge in [0.1, 0.15) is 21.6 Å². The number of likely N-dealkylation sites (N-methyl/N-ethyl adjacent to an activating group) is 1. The Morgan fingerprint density at radius 3 is 2.61 bits per heavy atom. The zero-order valence-electron chi connectivity index (χ0n) is 25.9. The average molecular weight is 670 g/mol. The second-order valence-corrected chi connectivity index (χ2v) is 12.9. The summed E-state index contributed by atoms with van der Waals surface area (Å²) in [4.78, 5) is 45.1. The molecule has 234 valence electrons. The summed E-state index contributed by atoms with van der Waals surface area (Å²) in [5.41, 5.74) is 2.25. The van der Waals surface area contributed by atoms with E-state index in [0.717, 1.165) is 17.9 Å². The van der Waals surface area contributed by atoms with Gasteiger partial charge in [0.15, 0.2) is 5.82 Å². The Balaban J connectivity index is 1.57.